The quantitative estimate of drug-likeness (QED) is 0.379. The second-order valence-corrected chi connectivity index (χ2v) is 4.48. The molecule has 1 aromatic rings. The number of carbonyl (C=O) groups is 1. The number of esters is 1. The molecule has 0 spiro atoms. The van der Waals surface area contributed by atoms with Crippen LogP contribution in [-0.4, -0.2) is 50.4 Å². The minimum absolute atomic E-state index is 0.219. The first-order valence-corrected chi connectivity index (χ1v) is 7.39. The average molecular weight is 312 g/mol. The van der Waals surface area contributed by atoms with Crippen molar-refractivity contribution in [3.05, 3.63) is 29.8 Å². The van der Waals surface area contributed by atoms with E-state index in [9.17, 15) is 9.90 Å². The van der Waals surface area contributed by atoms with Gasteiger partial charge in [-0.05, 0) is 31.5 Å². The van der Waals surface area contributed by atoms with E-state index >= 15 is 0 Å². The topological polar surface area (TPSA) is 74.2 Å². The van der Waals surface area contributed by atoms with Crippen LogP contribution in [0, 0.1) is 0 Å². The molecule has 0 aromatic heterocycles. The lowest BCUT2D eigenvalue weighted by Crippen LogP contribution is -2.25. The van der Waals surface area contributed by atoms with Gasteiger partial charge in [0.15, 0.2) is 6.10 Å². The van der Waals surface area contributed by atoms with Crippen molar-refractivity contribution in [1.82, 2.24) is 0 Å². The Hall–Kier alpha value is -1.63. The van der Waals surface area contributed by atoms with Crippen molar-refractivity contribution in [3.8, 4) is 5.75 Å². The van der Waals surface area contributed by atoms with E-state index in [0.29, 0.717) is 25.6 Å². The van der Waals surface area contributed by atoms with Gasteiger partial charge in [-0.3, -0.25) is 0 Å². The summed E-state index contributed by atoms with van der Waals surface area (Å²) in [7, 11) is 0. The molecule has 0 saturated carbocycles. The van der Waals surface area contributed by atoms with E-state index in [-0.39, 0.29) is 19.8 Å². The van der Waals surface area contributed by atoms with Gasteiger partial charge < -0.3 is 24.1 Å². The molecule has 0 aliphatic heterocycles. The first-order chi connectivity index (χ1) is 10.7. The molecule has 1 rings (SSSR count). The third-order valence-corrected chi connectivity index (χ3v) is 2.78. The van der Waals surface area contributed by atoms with Gasteiger partial charge in [-0.2, -0.15) is 0 Å². The van der Waals surface area contributed by atoms with Gasteiger partial charge in [-0.15, -0.1) is 0 Å². The van der Waals surface area contributed by atoms with Crippen LogP contribution < -0.4 is 4.74 Å². The van der Waals surface area contributed by atoms with Crippen LogP contribution in [0.5, 0.6) is 5.75 Å². The highest BCUT2D eigenvalue weighted by atomic mass is 16.7. The molecule has 124 valence electrons. The molecule has 22 heavy (non-hydrogen) atoms. The third-order valence-electron chi connectivity index (χ3n) is 2.78. The first kappa shape index (κ1) is 18.4. The van der Waals surface area contributed by atoms with Crippen molar-refractivity contribution in [2.75, 3.05) is 33.2 Å². The van der Waals surface area contributed by atoms with Crippen LogP contribution in [-0.2, 0) is 25.4 Å². The van der Waals surface area contributed by atoms with Crippen LogP contribution in [0.2, 0.25) is 0 Å². The summed E-state index contributed by atoms with van der Waals surface area (Å²) in [6, 6.07) is 7.18. The van der Waals surface area contributed by atoms with Gasteiger partial charge in [-0.25, -0.2) is 4.79 Å². The fourth-order valence-corrected chi connectivity index (χ4v) is 1.69. The lowest BCUT2D eigenvalue weighted by Gasteiger charge is -2.11. The van der Waals surface area contributed by atoms with Crippen LogP contribution in [0.3, 0.4) is 0 Å². The van der Waals surface area contributed by atoms with Gasteiger partial charge in [-0.1, -0.05) is 12.1 Å². The summed E-state index contributed by atoms with van der Waals surface area (Å²) in [6.45, 7) is 5.63. The van der Waals surface area contributed by atoms with Crippen molar-refractivity contribution in [1.29, 1.82) is 0 Å². The zero-order chi connectivity index (χ0) is 16.2. The summed E-state index contributed by atoms with van der Waals surface area (Å²) in [5.74, 6) is 0.101. The Morgan fingerprint density at radius 3 is 2.45 bits per heavy atom. The van der Waals surface area contributed by atoms with Gasteiger partial charge in [0.1, 0.15) is 19.1 Å². The van der Waals surface area contributed by atoms with Crippen LogP contribution in [0.1, 0.15) is 19.4 Å². The van der Waals surface area contributed by atoms with E-state index in [0.717, 1.165) is 5.56 Å². The van der Waals surface area contributed by atoms with E-state index in [2.05, 4.69) is 0 Å². The number of hydrogen-bond acceptors (Lipinski definition) is 6. The van der Waals surface area contributed by atoms with E-state index in [4.69, 9.17) is 18.9 Å². The summed E-state index contributed by atoms with van der Waals surface area (Å²) >= 11 is 0. The molecular weight excluding hydrogens is 288 g/mol. The minimum Gasteiger partial charge on any atom is -0.491 e. The smallest absolute Gasteiger partial charge is 0.335 e. The van der Waals surface area contributed by atoms with Crippen molar-refractivity contribution in [2.45, 2.75) is 26.4 Å². The van der Waals surface area contributed by atoms with Gasteiger partial charge in [0.05, 0.1) is 13.2 Å². The van der Waals surface area contributed by atoms with Crippen molar-refractivity contribution >= 4 is 5.97 Å². The predicted molar refractivity (Wildman–Crippen MR) is 80.7 cm³/mol. The number of hydrogen-bond donors (Lipinski definition) is 1. The van der Waals surface area contributed by atoms with Crippen LogP contribution >= 0.6 is 0 Å². The highest BCUT2D eigenvalue weighted by molar-refractivity contribution is 5.74. The Morgan fingerprint density at radius 2 is 1.82 bits per heavy atom. The number of rotatable bonds is 11. The number of benzene rings is 1. The van der Waals surface area contributed by atoms with Crippen LogP contribution in [0.4, 0.5) is 0 Å². The number of ether oxygens (including phenoxy) is 4. The van der Waals surface area contributed by atoms with Crippen LogP contribution in [0.25, 0.3) is 0 Å². The summed E-state index contributed by atoms with van der Waals surface area (Å²) < 4.78 is 20.5. The number of aliphatic hydroxyl groups is 1. The molecule has 1 N–H and O–H groups in total. The molecule has 0 fully saturated rings. The zero-order valence-corrected chi connectivity index (χ0v) is 13.1. The molecule has 6 nitrogen and oxygen atoms in total. The normalized spacial score (nSPS) is 12.0. The highest BCUT2D eigenvalue weighted by Crippen LogP contribution is 2.13. The fourth-order valence-electron chi connectivity index (χ4n) is 1.69. The number of aliphatic hydroxyl groups excluding tert-OH is 1. The largest absolute Gasteiger partial charge is 0.491 e. The lowest BCUT2D eigenvalue weighted by molar-refractivity contribution is -0.152. The molecule has 0 radical (unpaired) electrons. The van der Waals surface area contributed by atoms with Gasteiger partial charge in [0.25, 0.3) is 0 Å². The van der Waals surface area contributed by atoms with E-state index in [1.807, 2.05) is 6.92 Å². The summed E-state index contributed by atoms with van der Waals surface area (Å²) in [4.78, 5) is 11.3. The van der Waals surface area contributed by atoms with Gasteiger partial charge in [0, 0.05) is 13.0 Å². The first-order valence-electron chi connectivity index (χ1n) is 7.39. The summed E-state index contributed by atoms with van der Waals surface area (Å²) in [5, 5.41) is 9.68. The maximum atomic E-state index is 11.3. The molecule has 0 amide bonds. The maximum Gasteiger partial charge on any atom is 0.335 e. The molecule has 0 bridgehead atoms. The van der Waals surface area contributed by atoms with Crippen LogP contribution in [0.15, 0.2) is 24.3 Å². The van der Waals surface area contributed by atoms with Gasteiger partial charge in [0.2, 0.25) is 0 Å². The Morgan fingerprint density at radius 1 is 1.09 bits per heavy atom. The molecule has 6 heteroatoms. The second-order valence-electron chi connectivity index (χ2n) is 4.48. The maximum absolute atomic E-state index is 11.3. The molecule has 0 unspecified atom stereocenters. The van der Waals surface area contributed by atoms with Crippen molar-refractivity contribution in [3.63, 3.8) is 0 Å². The SMILES string of the molecule is CCOCOCCOc1ccc(C[C@H](O)C(=O)OCC)cc1. The van der Waals surface area contributed by atoms with Crippen molar-refractivity contribution in [2.24, 2.45) is 0 Å². The Labute approximate surface area is 130 Å². The van der Waals surface area contributed by atoms with E-state index < -0.39 is 12.1 Å². The molecule has 0 saturated heterocycles. The van der Waals surface area contributed by atoms with Gasteiger partial charge >= 0.3 is 5.97 Å². The molecule has 0 aliphatic rings. The zero-order valence-electron chi connectivity index (χ0n) is 13.1. The molecular formula is C16H24O6. The molecule has 1 atom stereocenters. The van der Waals surface area contributed by atoms with E-state index in [1.165, 1.54) is 0 Å². The second kappa shape index (κ2) is 11.0. The Bertz CT molecular complexity index is 417. The monoisotopic (exact) mass is 312 g/mol. The molecule has 0 heterocycles. The number of carbonyl (C=O) groups excluding carboxylic acids is 1. The van der Waals surface area contributed by atoms with E-state index in [1.54, 1.807) is 31.2 Å². The third kappa shape index (κ3) is 7.40. The standard InChI is InChI=1S/C16H24O6/c1-3-19-12-20-9-10-22-14-7-5-13(6-8-14)11-15(17)16(18)21-4-2/h5-8,15,17H,3-4,9-12H2,1-2H3/t15-/m0/s1. The minimum atomic E-state index is -1.14. The Kier molecular flexibility index (Phi) is 9.21. The summed E-state index contributed by atoms with van der Waals surface area (Å²) in [6.07, 6.45) is -0.921. The Balaban J connectivity index is 2.29. The highest BCUT2D eigenvalue weighted by Gasteiger charge is 2.16. The fraction of sp³-hybridized carbons (Fsp3) is 0.562. The van der Waals surface area contributed by atoms with Crippen molar-refractivity contribution < 1.29 is 28.8 Å². The molecule has 1 aromatic carbocycles. The predicted octanol–water partition coefficient (Wildman–Crippen LogP) is 1.54. The lowest BCUT2D eigenvalue weighted by atomic mass is 10.1. The molecule has 0 aliphatic carbocycles. The summed E-state index contributed by atoms with van der Waals surface area (Å²) in [5.41, 5.74) is 0.834. The average Bonchev–Trinajstić information content (AvgIpc) is 2.52.